The van der Waals surface area contributed by atoms with Crippen LogP contribution in [0.15, 0.2) is 18.3 Å². The molecule has 2 rings (SSSR count). The first kappa shape index (κ1) is 11.9. The highest BCUT2D eigenvalue weighted by Gasteiger charge is 2.24. The lowest BCUT2D eigenvalue weighted by atomic mass is 10.1. The molecule has 0 unspecified atom stereocenters. The Morgan fingerprint density at radius 1 is 1.59 bits per heavy atom. The Balaban J connectivity index is 2.14. The van der Waals surface area contributed by atoms with Crippen LogP contribution in [0.25, 0.3) is 0 Å². The van der Waals surface area contributed by atoms with Crippen LogP contribution in [0.2, 0.25) is 0 Å². The molecule has 5 nitrogen and oxygen atoms in total. The second-order valence-corrected chi connectivity index (χ2v) is 4.27. The van der Waals surface area contributed by atoms with Crippen molar-refractivity contribution in [3.63, 3.8) is 0 Å². The monoisotopic (exact) mass is 234 g/mol. The second-order valence-electron chi connectivity index (χ2n) is 4.27. The summed E-state index contributed by atoms with van der Waals surface area (Å²) in [6, 6.07) is 4.12. The molecule has 2 heterocycles. The molecule has 1 aliphatic heterocycles. The summed E-state index contributed by atoms with van der Waals surface area (Å²) in [6.07, 6.45) is 2.63. The maximum absolute atomic E-state index is 11.0. The molecular formula is C12H18N4O. The lowest BCUT2D eigenvalue weighted by Crippen LogP contribution is -2.57. The van der Waals surface area contributed by atoms with Crippen LogP contribution in [0.3, 0.4) is 0 Å². The van der Waals surface area contributed by atoms with Crippen molar-refractivity contribution in [2.24, 2.45) is 5.73 Å². The van der Waals surface area contributed by atoms with Crippen molar-refractivity contribution >= 4 is 11.7 Å². The van der Waals surface area contributed by atoms with Crippen LogP contribution in [-0.4, -0.2) is 36.6 Å². The molecular weight excluding hydrogens is 216 g/mol. The molecule has 1 aromatic rings. The number of nitrogens with one attached hydrogen (secondary N) is 1. The van der Waals surface area contributed by atoms with Crippen LogP contribution in [0.5, 0.6) is 0 Å². The SMILES string of the molecule is CCCN(c1ccc(C(N)=O)cn1)C1CNC1. The van der Waals surface area contributed by atoms with Crippen LogP contribution in [0.4, 0.5) is 5.82 Å². The standard InChI is InChI=1S/C12H18N4O/c1-2-5-16(10-7-14-8-10)11-4-3-9(6-15-11)12(13)17/h3-4,6,10,14H,2,5,7-8H2,1H3,(H2,13,17). The lowest BCUT2D eigenvalue weighted by Gasteiger charge is -2.39. The van der Waals surface area contributed by atoms with E-state index < -0.39 is 5.91 Å². The number of primary amides is 1. The Morgan fingerprint density at radius 3 is 2.76 bits per heavy atom. The molecule has 0 aliphatic carbocycles. The van der Waals surface area contributed by atoms with E-state index in [0.717, 1.165) is 31.9 Å². The number of rotatable bonds is 5. The smallest absolute Gasteiger partial charge is 0.250 e. The number of amides is 1. The average molecular weight is 234 g/mol. The van der Waals surface area contributed by atoms with Crippen molar-refractivity contribution in [3.05, 3.63) is 23.9 Å². The third kappa shape index (κ3) is 2.55. The number of nitrogens with zero attached hydrogens (tertiary/aromatic N) is 2. The molecule has 1 saturated heterocycles. The van der Waals surface area contributed by atoms with Gasteiger partial charge in [-0.2, -0.15) is 0 Å². The zero-order chi connectivity index (χ0) is 12.3. The number of carbonyl (C=O) groups is 1. The molecule has 5 heteroatoms. The Kier molecular flexibility index (Phi) is 3.58. The summed E-state index contributed by atoms with van der Waals surface area (Å²) in [4.78, 5) is 17.6. The third-order valence-electron chi connectivity index (χ3n) is 2.99. The molecule has 0 saturated carbocycles. The van der Waals surface area contributed by atoms with Crippen LogP contribution >= 0.6 is 0 Å². The van der Waals surface area contributed by atoms with E-state index in [4.69, 9.17) is 5.73 Å². The van der Waals surface area contributed by atoms with E-state index in [-0.39, 0.29) is 0 Å². The van der Waals surface area contributed by atoms with Crippen LogP contribution in [0.1, 0.15) is 23.7 Å². The molecule has 1 aliphatic rings. The largest absolute Gasteiger partial charge is 0.366 e. The van der Waals surface area contributed by atoms with Gasteiger partial charge in [0, 0.05) is 25.8 Å². The molecule has 1 amide bonds. The summed E-state index contributed by atoms with van der Waals surface area (Å²) in [5.41, 5.74) is 5.65. The number of hydrogen-bond donors (Lipinski definition) is 2. The molecule has 92 valence electrons. The summed E-state index contributed by atoms with van der Waals surface area (Å²) < 4.78 is 0. The number of nitrogens with two attached hydrogens (primary N) is 1. The maximum atomic E-state index is 11.0. The summed E-state index contributed by atoms with van der Waals surface area (Å²) in [5.74, 6) is 0.486. The number of anilines is 1. The molecule has 0 aromatic carbocycles. The minimum Gasteiger partial charge on any atom is -0.366 e. The molecule has 0 spiro atoms. The van der Waals surface area contributed by atoms with Crippen LogP contribution in [-0.2, 0) is 0 Å². The summed E-state index contributed by atoms with van der Waals surface area (Å²) >= 11 is 0. The van der Waals surface area contributed by atoms with E-state index in [9.17, 15) is 4.79 Å². The normalized spacial score (nSPS) is 15.4. The van der Waals surface area contributed by atoms with Gasteiger partial charge >= 0.3 is 0 Å². The molecule has 3 N–H and O–H groups in total. The summed E-state index contributed by atoms with van der Waals surface area (Å²) in [7, 11) is 0. The van der Waals surface area contributed by atoms with Gasteiger partial charge in [0.1, 0.15) is 5.82 Å². The van der Waals surface area contributed by atoms with Gasteiger partial charge in [-0.25, -0.2) is 4.98 Å². The van der Waals surface area contributed by atoms with E-state index in [1.807, 2.05) is 6.07 Å². The predicted molar refractivity (Wildman–Crippen MR) is 67.0 cm³/mol. The second kappa shape index (κ2) is 5.14. The van der Waals surface area contributed by atoms with Gasteiger partial charge in [-0.05, 0) is 18.6 Å². The number of hydrogen-bond acceptors (Lipinski definition) is 4. The Labute approximate surface area is 101 Å². The fourth-order valence-corrected chi connectivity index (χ4v) is 1.92. The minimum atomic E-state index is -0.434. The number of carbonyl (C=O) groups excluding carboxylic acids is 1. The van der Waals surface area contributed by atoms with Gasteiger partial charge in [0.15, 0.2) is 0 Å². The summed E-state index contributed by atoms with van der Waals surface area (Å²) in [5, 5.41) is 3.26. The highest BCUT2D eigenvalue weighted by molar-refractivity contribution is 5.92. The van der Waals surface area contributed by atoms with Gasteiger partial charge in [0.25, 0.3) is 0 Å². The Bertz CT molecular complexity index is 386. The zero-order valence-corrected chi connectivity index (χ0v) is 10.0. The van der Waals surface area contributed by atoms with Crippen molar-refractivity contribution in [1.29, 1.82) is 0 Å². The van der Waals surface area contributed by atoms with Crippen LogP contribution < -0.4 is 16.0 Å². The lowest BCUT2D eigenvalue weighted by molar-refractivity contribution is 0.1000. The van der Waals surface area contributed by atoms with E-state index in [1.165, 1.54) is 0 Å². The highest BCUT2D eigenvalue weighted by Crippen LogP contribution is 2.17. The first-order valence-corrected chi connectivity index (χ1v) is 5.95. The van der Waals surface area contributed by atoms with Gasteiger partial charge < -0.3 is 16.0 Å². The van der Waals surface area contributed by atoms with Gasteiger partial charge in [-0.1, -0.05) is 6.92 Å². The predicted octanol–water partition coefficient (Wildman–Crippen LogP) is 0.369. The van der Waals surface area contributed by atoms with Gasteiger partial charge in [0.2, 0.25) is 5.91 Å². The average Bonchev–Trinajstić information content (AvgIpc) is 2.26. The first-order chi connectivity index (χ1) is 8.22. The van der Waals surface area contributed by atoms with Gasteiger partial charge in [-0.15, -0.1) is 0 Å². The van der Waals surface area contributed by atoms with Crippen molar-refractivity contribution in [2.45, 2.75) is 19.4 Å². The minimum absolute atomic E-state index is 0.434. The van der Waals surface area contributed by atoms with E-state index >= 15 is 0 Å². The Morgan fingerprint density at radius 2 is 2.35 bits per heavy atom. The van der Waals surface area contributed by atoms with Crippen LogP contribution in [0, 0.1) is 0 Å². The fourth-order valence-electron chi connectivity index (χ4n) is 1.92. The van der Waals surface area contributed by atoms with E-state index in [0.29, 0.717) is 11.6 Å². The molecule has 0 bridgehead atoms. The van der Waals surface area contributed by atoms with Crippen molar-refractivity contribution in [1.82, 2.24) is 10.3 Å². The quantitative estimate of drug-likeness (QED) is 0.772. The summed E-state index contributed by atoms with van der Waals surface area (Å²) in [6.45, 7) is 5.13. The van der Waals surface area contributed by atoms with Crippen molar-refractivity contribution < 1.29 is 4.79 Å². The zero-order valence-electron chi connectivity index (χ0n) is 10.0. The third-order valence-corrected chi connectivity index (χ3v) is 2.99. The highest BCUT2D eigenvalue weighted by atomic mass is 16.1. The fraction of sp³-hybridized carbons (Fsp3) is 0.500. The number of pyridine rings is 1. The molecule has 0 atom stereocenters. The van der Waals surface area contributed by atoms with E-state index in [1.54, 1.807) is 12.3 Å². The van der Waals surface area contributed by atoms with Crippen molar-refractivity contribution in [2.75, 3.05) is 24.5 Å². The van der Waals surface area contributed by atoms with E-state index in [2.05, 4.69) is 22.1 Å². The topological polar surface area (TPSA) is 71.2 Å². The first-order valence-electron chi connectivity index (χ1n) is 5.95. The van der Waals surface area contributed by atoms with Gasteiger partial charge in [0.05, 0.1) is 11.6 Å². The van der Waals surface area contributed by atoms with Crippen molar-refractivity contribution in [3.8, 4) is 0 Å². The Hall–Kier alpha value is -1.62. The maximum Gasteiger partial charge on any atom is 0.250 e. The molecule has 1 aromatic heterocycles. The van der Waals surface area contributed by atoms with Gasteiger partial charge in [-0.3, -0.25) is 4.79 Å². The molecule has 0 radical (unpaired) electrons. The number of aromatic nitrogens is 1. The molecule has 1 fully saturated rings. The molecule has 17 heavy (non-hydrogen) atoms.